The van der Waals surface area contributed by atoms with Crippen molar-refractivity contribution in [3.63, 3.8) is 0 Å². The Morgan fingerprint density at radius 3 is 2.46 bits per heavy atom. The van der Waals surface area contributed by atoms with Crippen LogP contribution in [0.3, 0.4) is 0 Å². The molecule has 0 saturated carbocycles. The van der Waals surface area contributed by atoms with Gasteiger partial charge in [-0.05, 0) is 39.4 Å². The predicted molar refractivity (Wildman–Crippen MR) is 91.2 cm³/mol. The molecule has 24 heavy (non-hydrogen) atoms. The van der Waals surface area contributed by atoms with E-state index in [0.29, 0.717) is 23.7 Å². The van der Waals surface area contributed by atoms with E-state index in [0.717, 1.165) is 0 Å². The predicted octanol–water partition coefficient (Wildman–Crippen LogP) is 1.59. The fraction of sp³-hybridized carbons (Fsp3) is 0.529. The van der Waals surface area contributed by atoms with Crippen molar-refractivity contribution in [2.24, 2.45) is 0 Å². The van der Waals surface area contributed by atoms with Gasteiger partial charge in [0.2, 0.25) is 18.6 Å². The Hall–Kier alpha value is -2.28. The summed E-state index contributed by atoms with van der Waals surface area (Å²) >= 11 is 0. The Bertz CT molecular complexity index is 610. The Kier molecular flexibility index (Phi) is 5.66. The highest BCUT2D eigenvalue weighted by molar-refractivity contribution is 5.93. The van der Waals surface area contributed by atoms with Gasteiger partial charge >= 0.3 is 0 Å². The molecule has 0 aliphatic carbocycles. The van der Waals surface area contributed by atoms with Gasteiger partial charge in [-0.2, -0.15) is 0 Å². The number of rotatable bonds is 6. The summed E-state index contributed by atoms with van der Waals surface area (Å²) in [7, 11) is 0. The van der Waals surface area contributed by atoms with Crippen LogP contribution in [0.5, 0.6) is 11.5 Å². The molecule has 0 bridgehead atoms. The van der Waals surface area contributed by atoms with Gasteiger partial charge in [0, 0.05) is 17.3 Å². The first kappa shape index (κ1) is 18.1. The van der Waals surface area contributed by atoms with Crippen molar-refractivity contribution in [2.75, 3.05) is 31.7 Å². The van der Waals surface area contributed by atoms with Gasteiger partial charge in [0.15, 0.2) is 11.5 Å². The second-order valence-electron chi connectivity index (χ2n) is 6.72. The minimum absolute atomic E-state index is 0.0970. The van der Waals surface area contributed by atoms with E-state index >= 15 is 0 Å². The molecule has 1 heterocycles. The summed E-state index contributed by atoms with van der Waals surface area (Å²) in [6.45, 7) is 8.81. The molecule has 0 saturated heterocycles. The number of hydrogen-bond donors (Lipinski definition) is 2. The summed E-state index contributed by atoms with van der Waals surface area (Å²) < 4.78 is 10.5. The molecule has 0 radical (unpaired) electrons. The van der Waals surface area contributed by atoms with Gasteiger partial charge in [0.05, 0.1) is 13.1 Å². The third-order valence-electron chi connectivity index (χ3n) is 3.35. The molecule has 2 amide bonds. The topological polar surface area (TPSA) is 79.9 Å². The summed E-state index contributed by atoms with van der Waals surface area (Å²) in [4.78, 5) is 26.0. The minimum atomic E-state index is -0.286. The summed E-state index contributed by atoms with van der Waals surface area (Å²) in [5.74, 6) is 1.01. The van der Waals surface area contributed by atoms with Crippen molar-refractivity contribution in [1.82, 2.24) is 10.2 Å². The van der Waals surface area contributed by atoms with E-state index in [1.165, 1.54) is 0 Å². The van der Waals surface area contributed by atoms with Gasteiger partial charge in [-0.1, -0.05) is 6.92 Å². The highest BCUT2D eigenvalue weighted by atomic mass is 16.7. The second kappa shape index (κ2) is 7.53. The normalized spacial score (nSPS) is 13.0. The van der Waals surface area contributed by atoms with Crippen LogP contribution >= 0.6 is 0 Å². The number of likely N-dealkylation sites (N-methyl/N-ethyl adjacent to an activating group) is 1. The number of amides is 2. The molecule has 0 aromatic heterocycles. The summed E-state index contributed by atoms with van der Waals surface area (Å²) in [5, 5.41) is 5.70. The maximum absolute atomic E-state index is 12.2. The zero-order valence-corrected chi connectivity index (χ0v) is 14.6. The first-order valence-electron chi connectivity index (χ1n) is 7.99. The molecule has 7 nitrogen and oxygen atoms in total. The summed E-state index contributed by atoms with van der Waals surface area (Å²) in [6.07, 6.45) is 0. The molecule has 2 rings (SSSR count). The highest BCUT2D eigenvalue weighted by Gasteiger charge is 2.18. The molecule has 1 aliphatic rings. The van der Waals surface area contributed by atoms with Crippen LogP contribution in [-0.2, 0) is 9.59 Å². The molecule has 1 aromatic carbocycles. The molecular weight excluding hydrogens is 310 g/mol. The first-order chi connectivity index (χ1) is 11.3. The average Bonchev–Trinajstić information content (AvgIpc) is 2.91. The van der Waals surface area contributed by atoms with E-state index < -0.39 is 0 Å². The zero-order valence-electron chi connectivity index (χ0n) is 14.6. The van der Waals surface area contributed by atoms with Crippen molar-refractivity contribution < 1.29 is 19.1 Å². The maximum Gasteiger partial charge on any atom is 0.238 e. The third kappa shape index (κ3) is 5.42. The molecule has 0 unspecified atom stereocenters. The number of carbonyl (C=O) groups excluding carboxylic acids is 2. The number of hydrogen-bond acceptors (Lipinski definition) is 5. The Labute approximate surface area is 142 Å². The number of anilines is 1. The number of ether oxygens (including phenoxy) is 2. The van der Waals surface area contributed by atoms with E-state index in [-0.39, 0.29) is 37.2 Å². The quantitative estimate of drug-likeness (QED) is 0.825. The van der Waals surface area contributed by atoms with Gasteiger partial charge < -0.3 is 20.1 Å². The van der Waals surface area contributed by atoms with Crippen LogP contribution in [0.15, 0.2) is 18.2 Å². The van der Waals surface area contributed by atoms with E-state index in [9.17, 15) is 9.59 Å². The molecule has 2 N–H and O–H groups in total. The number of fused-ring (bicyclic) bond motifs is 1. The van der Waals surface area contributed by atoms with Crippen LogP contribution in [0.1, 0.15) is 27.7 Å². The van der Waals surface area contributed by atoms with E-state index in [1.54, 1.807) is 23.1 Å². The van der Waals surface area contributed by atoms with Crippen molar-refractivity contribution in [3.05, 3.63) is 18.2 Å². The Balaban J connectivity index is 1.86. The van der Waals surface area contributed by atoms with Gasteiger partial charge in [0.25, 0.3) is 0 Å². The molecule has 1 aromatic rings. The fourth-order valence-electron chi connectivity index (χ4n) is 2.32. The van der Waals surface area contributed by atoms with Crippen LogP contribution < -0.4 is 20.1 Å². The summed E-state index contributed by atoms with van der Waals surface area (Å²) in [6, 6.07) is 5.24. The molecular formula is C17H25N3O4. The second-order valence-corrected chi connectivity index (χ2v) is 6.72. The summed E-state index contributed by atoms with van der Waals surface area (Å²) in [5.41, 5.74) is 0.352. The van der Waals surface area contributed by atoms with Gasteiger partial charge in [-0.3, -0.25) is 14.5 Å². The molecule has 132 valence electrons. The van der Waals surface area contributed by atoms with Gasteiger partial charge in [-0.25, -0.2) is 0 Å². The van der Waals surface area contributed by atoms with Crippen molar-refractivity contribution >= 4 is 17.5 Å². The van der Waals surface area contributed by atoms with Gasteiger partial charge in [-0.15, -0.1) is 0 Å². The number of nitrogens with one attached hydrogen (secondary N) is 2. The lowest BCUT2D eigenvalue weighted by Gasteiger charge is -2.24. The smallest absolute Gasteiger partial charge is 0.238 e. The number of benzene rings is 1. The van der Waals surface area contributed by atoms with E-state index in [4.69, 9.17) is 9.47 Å². The van der Waals surface area contributed by atoms with Crippen LogP contribution in [0.25, 0.3) is 0 Å². The fourth-order valence-corrected chi connectivity index (χ4v) is 2.32. The monoisotopic (exact) mass is 335 g/mol. The van der Waals surface area contributed by atoms with Crippen LogP contribution in [0.2, 0.25) is 0 Å². The van der Waals surface area contributed by atoms with E-state index in [1.807, 2.05) is 27.7 Å². The SMILES string of the molecule is CCN(CC(=O)Nc1ccc2c(c1)OCO2)CC(=O)NC(C)(C)C. The van der Waals surface area contributed by atoms with Crippen LogP contribution in [-0.4, -0.2) is 48.7 Å². The van der Waals surface area contributed by atoms with E-state index in [2.05, 4.69) is 10.6 Å². The number of carbonyl (C=O) groups is 2. The number of nitrogens with zero attached hydrogens (tertiary/aromatic N) is 1. The van der Waals surface area contributed by atoms with Crippen molar-refractivity contribution in [1.29, 1.82) is 0 Å². The molecule has 7 heteroatoms. The lowest BCUT2D eigenvalue weighted by Crippen LogP contribution is -2.47. The van der Waals surface area contributed by atoms with Crippen LogP contribution in [0.4, 0.5) is 5.69 Å². The lowest BCUT2D eigenvalue weighted by molar-refractivity contribution is -0.124. The first-order valence-corrected chi connectivity index (χ1v) is 7.99. The van der Waals surface area contributed by atoms with Crippen LogP contribution in [0, 0.1) is 0 Å². The molecule has 1 aliphatic heterocycles. The average molecular weight is 335 g/mol. The molecule has 0 fully saturated rings. The zero-order chi connectivity index (χ0) is 17.7. The third-order valence-corrected chi connectivity index (χ3v) is 3.35. The minimum Gasteiger partial charge on any atom is -0.454 e. The molecule has 0 spiro atoms. The van der Waals surface area contributed by atoms with Gasteiger partial charge in [0.1, 0.15) is 0 Å². The van der Waals surface area contributed by atoms with Crippen molar-refractivity contribution in [2.45, 2.75) is 33.2 Å². The Morgan fingerprint density at radius 2 is 1.79 bits per heavy atom. The largest absolute Gasteiger partial charge is 0.454 e. The lowest BCUT2D eigenvalue weighted by atomic mass is 10.1. The highest BCUT2D eigenvalue weighted by Crippen LogP contribution is 2.34. The maximum atomic E-state index is 12.2. The Morgan fingerprint density at radius 1 is 1.12 bits per heavy atom. The van der Waals surface area contributed by atoms with Crippen molar-refractivity contribution in [3.8, 4) is 11.5 Å². The standard InChI is InChI=1S/C17H25N3O4/c1-5-20(10-16(22)19-17(2,3)4)9-15(21)18-12-6-7-13-14(8-12)24-11-23-13/h6-8H,5,9-11H2,1-4H3,(H,18,21)(H,19,22). The molecule has 0 atom stereocenters.